The average molecular weight is 255 g/mol. The van der Waals surface area contributed by atoms with Gasteiger partial charge >= 0.3 is 0 Å². The minimum atomic E-state index is -0.685. The summed E-state index contributed by atoms with van der Waals surface area (Å²) in [7, 11) is 0. The zero-order valence-electron chi connectivity index (χ0n) is 8.43. The van der Waals surface area contributed by atoms with E-state index < -0.39 is 5.38 Å². The number of carbonyl (C=O) groups is 1. The highest BCUT2D eigenvalue weighted by molar-refractivity contribution is 7.84. The Bertz CT molecular complexity index is 421. The van der Waals surface area contributed by atoms with E-state index in [4.69, 9.17) is 11.6 Å². The van der Waals surface area contributed by atoms with E-state index in [-0.39, 0.29) is 5.91 Å². The Morgan fingerprint density at radius 2 is 2.06 bits per heavy atom. The minimum absolute atomic E-state index is 0.245. The molecule has 0 fully saturated rings. The Morgan fingerprint density at radius 3 is 2.69 bits per heavy atom. The van der Waals surface area contributed by atoms with Crippen LogP contribution in [0.4, 0.5) is 0 Å². The van der Waals surface area contributed by atoms with Crippen molar-refractivity contribution in [2.75, 3.05) is 0 Å². The number of thiol groups is 1. The molecule has 0 radical (unpaired) electrons. The SMILES string of the molecule is O=C1NN(Cc2ccccc2)C=C(S)C1Cl. The van der Waals surface area contributed by atoms with Crippen LogP contribution < -0.4 is 5.43 Å². The number of alkyl halides is 1. The lowest BCUT2D eigenvalue weighted by atomic mass is 10.2. The van der Waals surface area contributed by atoms with Gasteiger partial charge in [0.1, 0.15) is 5.38 Å². The fourth-order valence-corrected chi connectivity index (χ4v) is 1.82. The minimum Gasteiger partial charge on any atom is -0.287 e. The summed E-state index contributed by atoms with van der Waals surface area (Å²) in [6, 6.07) is 9.84. The van der Waals surface area contributed by atoms with Crippen LogP contribution in [-0.2, 0) is 11.3 Å². The first kappa shape index (κ1) is 11.4. The molecule has 84 valence electrons. The molecule has 0 saturated heterocycles. The summed E-state index contributed by atoms with van der Waals surface area (Å²) >= 11 is 9.97. The van der Waals surface area contributed by atoms with Gasteiger partial charge < -0.3 is 0 Å². The van der Waals surface area contributed by atoms with Crippen LogP contribution in [0.15, 0.2) is 41.4 Å². The summed E-state index contributed by atoms with van der Waals surface area (Å²) < 4.78 is 0. The van der Waals surface area contributed by atoms with E-state index in [1.165, 1.54) is 0 Å². The Labute approximate surface area is 104 Å². The number of hydrogen-bond acceptors (Lipinski definition) is 3. The molecule has 1 N–H and O–H groups in total. The van der Waals surface area contributed by atoms with E-state index in [1.54, 1.807) is 11.2 Å². The molecule has 5 heteroatoms. The van der Waals surface area contributed by atoms with Crippen molar-refractivity contribution in [2.24, 2.45) is 0 Å². The molecule has 0 aliphatic carbocycles. The van der Waals surface area contributed by atoms with E-state index in [1.807, 2.05) is 30.3 Å². The van der Waals surface area contributed by atoms with Crippen LogP contribution in [0.1, 0.15) is 5.56 Å². The van der Waals surface area contributed by atoms with Crippen molar-refractivity contribution in [1.82, 2.24) is 10.4 Å². The van der Waals surface area contributed by atoms with Crippen molar-refractivity contribution < 1.29 is 4.79 Å². The van der Waals surface area contributed by atoms with Gasteiger partial charge in [0.05, 0.1) is 6.54 Å². The van der Waals surface area contributed by atoms with Gasteiger partial charge in [-0.15, -0.1) is 24.2 Å². The first-order chi connectivity index (χ1) is 7.66. The lowest BCUT2D eigenvalue weighted by molar-refractivity contribution is -0.124. The number of amides is 1. The molecular weight excluding hydrogens is 244 g/mol. The summed E-state index contributed by atoms with van der Waals surface area (Å²) in [6.45, 7) is 0.597. The molecule has 1 heterocycles. The fourth-order valence-electron chi connectivity index (χ4n) is 1.46. The third-order valence-corrected chi connectivity index (χ3v) is 3.19. The smallest absolute Gasteiger partial charge is 0.261 e. The van der Waals surface area contributed by atoms with Gasteiger partial charge in [-0.05, 0) is 5.56 Å². The molecular formula is C11H11ClN2OS. The topological polar surface area (TPSA) is 32.3 Å². The Balaban J connectivity index is 2.10. The summed E-state index contributed by atoms with van der Waals surface area (Å²) in [5.74, 6) is -0.245. The number of nitrogens with zero attached hydrogens (tertiary/aromatic N) is 1. The molecule has 0 aromatic heterocycles. The van der Waals surface area contributed by atoms with Crippen LogP contribution in [0.3, 0.4) is 0 Å². The molecule has 0 spiro atoms. The molecule has 1 aromatic rings. The largest absolute Gasteiger partial charge is 0.287 e. The quantitative estimate of drug-likeness (QED) is 0.624. The van der Waals surface area contributed by atoms with E-state index in [0.717, 1.165) is 5.56 Å². The van der Waals surface area contributed by atoms with Crippen LogP contribution in [0.5, 0.6) is 0 Å². The maximum Gasteiger partial charge on any atom is 0.261 e. The van der Waals surface area contributed by atoms with E-state index in [2.05, 4.69) is 18.1 Å². The second kappa shape index (κ2) is 4.80. The average Bonchev–Trinajstić information content (AvgIpc) is 2.27. The molecule has 3 nitrogen and oxygen atoms in total. The zero-order chi connectivity index (χ0) is 11.5. The number of benzene rings is 1. The predicted molar refractivity (Wildman–Crippen MR) is 66.8 cm³/mol. The summed E-state index contributed by atoms with van der Waals surface area (Å²) in [5, 5.41) is 0.995. The Kier molecular flexibility index (Phi) is 3.41. The van der Waals surface area contributed by atoms with Crippen molar-refractivity contribution in [3.63, 3.8) is 0 Å². The summed E-state index contributed by atoms with van der Waals surface area (Å²) in [5.41, 5.74) is 3.79. The van der Waals surface area contributed by atoms with Gasteiger partial charge in [0.15, 0.2) is 0 Å². The van der Waals surface area contributed by atoms with Crippen LogP contribution in [0.25, 0.3) is 0 Å². The first-order valence-corrected chi connectivity index (χ1v) is 5.71. The van der Waals surface area contributed by atoms with Gasteiger partial charge in [-0.2, -0.15) is 0 Å². The van der Waals surface area contributed by atoms with Gasteiger partial charge in [-0.1, -0.05) is 30.3 Å². The van der Waals surface area contributed by atoms with Gasteiger partial charge in [-0.3, -0.25) is 15.2 Å². The third-order valence-electron chi connectivity index (χ3n) is 2.23. The number of rotatable bonds is 2. The number of carbonyl (C=O) groups excluding carboxylic acids is 1. The summed E-state index contributed by atoms with van der Waals surface area (Å²) in [6.07, 6.45) is 1.73. The van der Waals surface area contributed by atoms with E-state index in [0.29, 0.717) is 11.4 Å². The van der Waals surface area contributed by atoms with Gasteiger partial charge in [-0.25, -0.2) is 0 Å². The molecule has 1 amide bonds. The van der Waals surface area contributed by atoms with Crippen molar-refractivity contribution in [2.45, 2.75) is 11.9 Å². The van der Waals surface area contributed by atoms with Crippen molar-refractivity contribution >= 4 is 30.1 Å². The highest BCUT2D eigenvalue weighted by Gasteiger charge is 2.24. The predicted octanol–water partition coefficient (Wildman–Crippen LogP) is 1.91. The monoisotopic (exact) mass is 254 g/mol. The molecule has 2 rings (SSSR count). The van der Waals surface area contributed by atoms with Gasteiger partial charge in [0, 0.05) is 11.1 Å². The normalized spacial score (nSPS) is 20.4. The molecule has 1 unspecified atom stereocenters. The van der Waals surface area contributed by atoms with Crippen LogP contribution in [0.2, 0.25) is 0 Å². The standard InChI is InChI=1S/C11H11ClN2OS/c12-10-9(16)7-14(13-11(10)15)6-8-4-2-1-3-5-8/h1-5,7,10,16H,6H2,(H,13,15). The molecule has 0 saturated carbocycles. The lowest BCUT2D eigenvalue weighted by Gasteiger charge is -2.28. The second-order valence-electron chi connectivity index (χ2n) is 3.51. The van der Waals surface area contributed by atoms with Gasteiger partial charge in [0.25, 0.3) is 5.91 Å². The number of halogens is 1. The Morgan fingerprint density at radius 1 is 1.38 bits per heavy atom. The van der Waals surface area contributed by atoms with Crippen LogP contribution in [-0.4, -0.2) is 16.3 Å². The maximum absolute atomic E-state index is 11.4. The molecule has 16 heavy (non-hydrogen) atoms. The summed E-state index contributed by atoms with van der Waals surface area (Å²) in [4.78, 5) is 12.0. The van der Waals surface area contributed by atoms with Crippen LogP contribution in [0, 0.1) is 0 Å². The Hall–Kier alpha value is -1.13. The maximum atomic E-state index is 11.4. The lowest BCUT2D eigenvalue weighted by Crippen LogP contribution is -2.46. The third kappa shape index (κ3) is 2.51. The zero-order valence-corrected chi connectivity index (χ0v) is 10.1. The number of hydrogen-bond donors (Lipinski definition) is 2. The van der Waals surface area contributed by atoms with Gasteiger partial charge in [0.2, 0.25) is 0 Å². The van der Waals surface area contributed by atoms with Crippen LogP contribution >= 0.6 is 24.2 Å². The fraction of sp³-hybridized carbons (Fsp3) is 0.182. The van der Waals surface area contributed by atoms with Crippen molar-refractivity contribution in [3.05, 3.63) is 47.0 Å². The molecule has 1 aliphatic heterocycles. The van der Waals surface area contributed by atoms with E-state index in [9.17, 15) is 4.79 Å². The molecule has 1 atom stereocenters. The molecule has 1 aromatic carbocycles. The molecule has 0 bridgehead atoms. The van der Waals surface area contributed by atoms with Crippen molar-refractivity contribution in [3.8, 4) is 0 Å². The second-order valence-corrected chi connectivity index (χ2v) is 4.46. The highest BCUT2D eigenvalue weighted by Crippen LogP contribution is 2.19. The number of hydrazine groups is 1. The van der Waals surface area contributed by atoms with Crippen molar-refractivity contribution in [1.29, 1.82) is 0 Å². The molecule has 1 aliphatic rings. The first-order valence-electron chi connectivity index (χ1n) is 4.82. The highest BCUT2D eigenvalue weighted by atomic mass is 35.5. The number of nitrogens with one attached hydrogen (secondary N) is 1. The van der Waals surface area contributed by atoms with E-state index >= 15 is 0 Å².